The van der Waals surface area contributed by atoms with E-state index in [1.54, 1.807) is 0 Å². The average molecular weight is 171 g/mol. The third-order valence-electron chi connectivity index (χ3n) is 2.90. The van der Waals surface area contributed by atoms with E-state index in [9.17, 15) is 0 Å². The van der Waals surface area contributed by atoms with E-state index >= 15 is 0 Å². The molecule has 1 aliphatic heterocycles. The van der Waals surface area contributed by atoms with Crippen LogP contribution in [0.3, 0.4) is 0 Å². The van der Waals surface area contributed by atoms with Gasteiger partial charge < -0.3 is 10.4 Å². The second-order valence-electron chi connectivity index (χ2n) is 3.90. The summed E-state index contributed by atoms with van der Waals surface area (Å²) in [5.41, 5.74) is 0. The molecule has 1 aliphatic rings. The Kier molecular flexibility index (Phi) is 4.62. The molecule has 0 radical (unpaired) electrons. The molecule has 0 bridgehead atoms. The van der Waals surface area contributed by atoms with Crippen molar-refractivity contribution in [3.05, 3.63) is 0 Å². The molecule has 1 heterocycles. The summed E-state index contributed by atoms with van der Waals surface area (Å²) < 4.78 is 0. The zero-order valence-electron chi connectivity index (χ0n) is 8.05. The zero-order chi connectivity index (χ0) is 8.81. The maximum Gasteiger partial charge on any atom is 0.0459 e. The molecule has 72 valence electrons. The van der Waals surface area contributed by atoms with Crippen LogP contribution < -0.4 is 5.32 Å². The fourth-order valence-corrected chi connectivity index (χ4v) is 1.97. The van der Waals surface area contributed by atoms with Crippen molar-refractivity contribution in [2.75, 3.05) is 19.7 Å². The van der Waals surface area contributed by atoms with Crippen LogP contribution >= 0.6 is 0 Å². The normalized spacial score (nSPS) is 27.0. The molecule has 2 N–H and O–H groups in total. The molecule has 0 aromatic rings. The van der Waals surface area contributed by atoms with E-state index in [1.165, 1.54) is 25.8 Å². The van der Waals surface area contributed by atoms with Gasteiger partial charge in [-0.05, 0) is 44.2 Å². The average Bonchev–Trinajstić information content (AvgIpc) is 2.16. The van der Waals surface area contributed by atoms with E-state index in [1.807, 2.05) is 0 Å². The Morgan fingerprint density at radius 1 is 1.58 bits per heavy atom. The number of rotatable bonds is 4. The Balaban J connectivity index is 2.18. The number of hydrogen-bond donors (Lipinski definition) is 2. The summed E-state index contributed by atoms with van der Waals surface area (Å²) >= 11 is 0. The van der Waals surface area contributed by atoms with Gasteiger partial charge in [-0.15, -0.1) is 0 Å². The third-order valence-corrected chi connectivity index (χ3v) is 2.90. The highest BCUT2D eigenvalue weighted by Crippen LogP contribution is 2.20. The summed E-state index contributed by atoms with van der Waals surface area (Å²) in [4.78, 5) is 0. The van der Waals surface area contributed by atoms with Crippen LogP contribution in [-0.4, -0.2) is 24.8 Å². The molecule has 2 heteroatoms. The molecule has 2 nitrogen and oxygen atoms in total. The molecule has 12 heavy (non-hydrogen) atoms. The summed E-state index contributed by atoms with van der Waals surface area (Å²) in [6, 6.07) is 0. The van der Waals surface area contributed by atoms with Crippen molar-refractivity contribution in [1.29, 1.82) is 0 Å². The lowest BCUT2D eigenvalue weighted by Crippen LogP contribution is -2.31. The predicted octanol–water partition coefficient (Wildman–Crippen LogP) is 1.39. The summed E-state index contributed by atoms with van der Waals surface area (Å²) in [6.07, 6.45) is 4.99. The van der Waals surface area contributed by atoms with Gasteiger partial charge in [-0.25, -0.2) is 0 Å². The van der Waals surface area contributed by atoms with Crippen LogP contribution in [0.2, 0.25) is 0 Å². The molecule has 2 unspecified atom stereocenters. The maximum absolute atomic E-state index is 9.04. The second kappa shape index (κ2) is 5.55. The molecule has 0 aromatic carbocycles. The van der Waals surface area contributed by atoms with Crippen LogP contribution in [0.15, 0.2) is 0 Å². The van der Waals surface area contributed by atoms with E-state index in [0.29, 0.717) is 12.5 Å². The number of hydrogen-bond acceptors (Lipinski definition) is 2. The SMILES string of the molecule is CCC(CO)CC1CCCNC1. The Morgan fingerprint density at radius 2 is 2.42 bits per heavy atom. The zero-order valence-corrected chi connectivity index (χ0v) is 8.05. The largest absolute Gasteiger partial charge is 0.396 e. The monoisotopic (exact) mass is 171 g/mol. The lowest BCUT2D eigenvalue weighted by atomic mass is 9.88. The lowest BCUT2D eigenvalue weighted by Gasteiger charge is -2.25. The number of nitrogens with one attached hydrogen (secondary N) is 1. The Bertz CT molecular complexity index is 106. The van der Waals surface area contributed by atoms with Crippen molar-refractivity contribution in [1.82, 2.24) is 5.32 Å². The van der Waals surface area contributed by atoms with E-state index < -0.39 is 0 Å². The van der Waals surface area contributed by atoms with Gasteiger partial charge in [-0.2, -0.15) is 0 Å². The van der Waals surface area contributed by atoms with Gasteiger partial charge >= 0.3 is 0 Å². The summed E-state index contributed by atoms with van der Waals surface area (Å²) in [7, 11) is 0. The number of piperidine rings is 1. The number of aliphatic hydroxyl groups is 1. The maximum atomic E-state index is 9.04. The molecule has 0 aliphatic carbocycles. The fraction of sp³-hybridized carbons (Fsp3) is 1.00. The predicted molar refractivity (Wildman–Crippen MR) is 51.1 cm³/mol. The highest BCUT2D eigenvalue weighted by atomic mass is 16.3. The minimum absolute atomic E-state index is 0.368. The highest BCUT2D eigenvalue weighted by Gasteiger charge is 2.16. The van der Waals surface area contributed by atoms with E-state index in [0.717, 1.165) is 18.9 Å². The van der Waals surface area contributed by atoms with E-state index in [-0.39, 0.29) is 0 Å². The Labute approximate surface area is 75.4 Å². The molecule has 2 atom stereocenters. The first-order valence-corrected chi connectivity index (χ1v) is 5.18. The van der Waals surface area contributed by atoms with Gasteiger partial charge in [0.1, 0.15) is 0 Å². The standard InChI is InChI=1S/C10H21NO/c1-2-9(8-12)6-10-4-3-5-11-7-10/h9-12H,2-8H2,1H3. The summed E-state index contributed by atoms with van der Waals surface area (Å²) in [5.74, 6) is 1.35. The fourth-order valence-electron chi connectivity index (χ4n) is 1.97. The Morgan fingerprint density at radius 3 is 2.92 bits per heavy atom. The van der Waals surface area contributed by atoms with Crippen molar-refractivity contribution in [2.45, 2.75) is 32.6 Å². The molecule has 1 rings (SSSR count). The first-order valence-electron chi connectivity index (χ1n) is 5.18. The lowest BCUT2D eigenvalue weighted by molar-refractivity contribution is 0.186. The summed E-state index contributed by atoms with van der Waals surface area (Å²) in [6.45, 7) is 4.88. The molecular weight excluding hydrogens is 150 g/mol. The van der Waals surface area contributed by atoms with E-state index in [4.69, 9.17) is 5.11 Å². The third kappa shape index (κ3) is 3.11. The molecular formula is C10H21NO. The quantitative estimate of drug-likeness (QED) is 0.670. The minimum atomic E-state index is 0.368. The van der Waals surface area contributed by atoms with Crippen molar-refractivity contribution < 1.29 is 5.11 Å². The van der Waals surface area contributed by atoms with Crippen LogP contribution in [-0.2, 0) is 0 Å². The summed E-state index contributed by atoms with van der Waals surface area (Å²) in [5, 5.41) is 12.4. The van der Waals surface area contributed by atoms with Crippen molar-refractivity contribution in [3.63, 3.8) is 0 Å². The molecule has 0 spiro atoms. The van der Waals surface area contributed by atoms with Gasteiger partial charge in [-0.3, -0.25) is 0 Å². The second-order valence-corrected chi connectivity index (χ2v) is 3.90. The molecule has 1 fully saturated rings. The molecule has 0 amide bonds. The van der Waals surface area contributed by atoms with E-state index in [2.05, 4.69) is 12.2 Å². The number of aliphatic hydroxyl groups excluding tert-OH is 1. The highest BCUT2D eigenvalue weighted by molar-refractivity contribution is 4.71. The van der Waals surface area contributed by atoms with Gasteiger partial charge in [0.25, 0.3) is 0 Å². The van der Waals surface area contributed by atoms with Gasteiger partial charge in [0, 0.05) is 6.61 Å². The van der Waals surface area contributed by atoms with Gasteiger partial charge in [-0.1, -0.05) is 13.3 Å². The topological polar surface area (TPSA) is 32.3 Å². The molecule has 1 saturated heterocycles. The van der Waals surface area contributed by atoms with Crippen LogP contribution in [0.25, 0.3) is 0 Å². The van der Waals surface area contributed by atoms with Gasteiger partial charge in [0.15, 0.2) is 0 Å². The van der Waals surface area contributed by atoms with Crippen LogP contribution in [0.5, 0.6) is 0 Å². The first-order chi connectivity index (χ1) is 5.86. The smallest absolute Gasteiger partial charge is 0.0459 e. The van der Waals surface area contributed by atoms with Crippen molar-refractivity contribution >= 4 is 0 Å². The van der Waals surface area contributed by atoms with Gasteiger partial charge in [0.05, 0.1) is 0 Å². The molecule has 0 aromatic heterocycles. The van der Waals surface area contributed by atoms with Gasteiger partial charge in [0.2, 0.25) is 0 Å². The van der Waals surface area contributed by atoms with Crippen molar-refractivity contribution in [3.8, 4) is 0 Å². The molecule has 0 saturated carbocycles. The van der Waals surface area contributed by atoms with Crippen LogP contribution in [0.4, 0.5) is 0 Å². The van der Waals surface area contributed by atoms with Crippen LogP contribution in [0.1, 0.15) is 32.6 Å². The minimum Gasteiger partial charge on any atom is -0.396 e. The Hall–Kier alpha value is -0.0800. The van der Waals surface area contributed by atoms with Crippen molar-refractivity contribution in [2.24, 2.45) is 11.8 Å². The first kappa shape index (κ1) is 10.0. The van der Waals surface area contributed by atoms with Crippen LogP contribution in [0, 0.1) is 11.8 Å².